The molecule has 1 atom stereocenters. The quantitative estimate of drug-likeness (QED) is 0.713. The Balaban J connectivity index is 2.24. The van der Waals surface area contributed by atoms with Crippen molar-refractivity contribution in [1.29, 1.82) is 0 Å². The molecule has 0 fully saturated rings. The lowest BCUT2D eigenvalue weighted by molar-refractivity contribution is 0.339. The van der Waals surface area contributed by atoms with E-state index in [9.17, 15) is 0 Å². The van der Waals surface area contributed by atoms with Gasteiger partial charge in [0, 0.05) is 0 Å². The van der Waals surface area contributed by atoms with E-state index in [1.807, 2.05) is 6.07 Å². The third-order valence-corrected chi connectivity index (χ3v) is 3.29. The van der Waals surface area contributed by atoms with E-state index in [0.29, 0.717) is 5.15 Å². The molecule has 0 N–H and O–H groups in total. The van der Waals surface area contributed by atoms with Gasteiger partial charge in [0.1, 0.15) is 0 Å². The van der Waals surface area contributed by atoms with Gasteiger partial charge in [-0.05, 0) is 42.7 Å². The summed E-state index contributed by atoms with van der Waals surface area (Å²) in [5.41, 5.74) is 2.45. The molecule has 1 unspecified atom stereocenters. The van der Waals surface area contributed by atoms with Crippen molar-refractivity contribution in [3.8, 4) is 0 Å². The van der Waals surface area contributed by atoms with Crippen LogP contribution in [0.25, 0.3) is 0 Å². The lowest BCUT2D eigenvalue weighted by atomic mass is 9.80. The molecule has 1 aliphatic rings. The predicted molar refractivity (Wildman–Crippen MR) is 57.4 cm³/mol. The molecule has 1 aromatic heterocycles. The average Bonchev–Trinajstić information content (AvgIpc) is 2.16. The number of hydrogen-bond donors (Lipinski definition) is 0. The molecule has 2 nitrogen and oxygen atoms in total. The van der Waals surface area contributed by atoms with Crippen LogP contribution >= 0.6 is 11.6 Å². The molecular formula is C11H15ClN2. The highest BCUT2D eigenvalue weighted by Crippen LogP contribution is 2.29. The molecule has 2 rings (SSSR count). The molecule has 0 aliphatic heterocycles. The second kappa shape index (κ2) is 3.85. The van der Waals surface area contributed by atoms with Crippen LogP contribution in [0.3, 0.4) is 0 Å². The summed E-state index contributed by atoms with van der Waals surface area (Å²) < 4.78 is 0. The summed E-state index contributed by atoms with van der Waals surface area (Å²) in [6.45, 7) is 4.57. The Labute approximate surface area is 89.7 Å². The van der Waals surface area contributed by atoms with E-state index < -0.39 is 0 Å². The first kappa shape index (κ1) is 9.91. The van der Waals surface area contributed by atoms with Gasteiger partial charge in [-0.2, -0.15) is 5.10 Å². The normalized spacial score (nSPS) is 21.0. The maximum Gasteiger partial charge on any atom is 0.152 e. The maximum absolute atomic E-state index is 5.83. The van der Waals surface area contributed by atoms with Crippen LogP contribution in [0.1, 0.15) is 31.5 Å². The van der Waals surface area contributed by atoms with Crippen molar-refractivity contribution in [2.75, 3.05) is 0 Å². The number of halogens is 1. The average molecular weight is 211 g/mol. The van der Waals surface area contributed by atoms with Gasteiger partial charge in [-0.1, -0.05) is 25.4 Å². The third-order valence-electron chi connectivity index (χ3n) is 3.11. The number of aromatic nitrogens is 2. The van der Waals surface area contributed by atoms with Gasteiger partial charge in [0.2, 0.25) is 0 Å². The molecule has 0 amide bonds. The van der Waals surface area contributed by atoms with Gasteiger partial charge in [0.05, 0.1) is 5.69 Å². The molecule has 14 heavy (non-hydrogen) atoms. The molecule has 0 saturated heterocycles. The van der Waals surface area contributed by atoms with Crippen LogP contribution in [0.2, 0.25) is 5.15 Å². The highest BCUT2D eigenvalue weighted by Gasteiger charge is 2.22. The molecule has 0 radical (unpaired) electrons. The summed E-state index contributed by atoms with van der Waals surface area (Å²) in [7, 11) is 0. The largest absolute Gasteiger partial charge is 0.154 e. The summed E-state index contributed by atoms with van der Waals surface area (Å²) in [4.78, 5) is 0. The van der Waals surface area contributed by atoms with Crippen molar-refractivity contribution in [3.05, 3.63) is 22.5 Å². The fourth-order valence-corrected chi connectivity index (χ4v) is 2.26. The number of hydrogen-bond acceptors (Lipinski definition) is 2. The first-order chi connectivity index (χ1) is 6.66. The zero-order chi connectivity index (χ0) is 10.1. The van der Waals surface area contributed by atoms with Gasteiger partial charge < -0.3 is 0 Å². The minimum absolute atomic E-state index is 0.521. The van der Waals surface area contributed by atoms with Crippen LogP contribution in [0.5, 0.6) is 0 Å². The summed E-state index contributed by atoms with van der Waals surface area (Å²) in [6, 6.07) is 1.97. The van der Waals surface area contributed by atoms with Crippen molar-refractivity contribution < 1.29 is 0 Å². The van der Waals surface area contributed by atoms with Gasteiger partial charge in [0.15, 0.2) is 5.15 Å². The Morgan fingerprint density at radius 2 is 2.21 bits per heavy atom. The molecular weight excluding hydrogens is 196 g/mol. The second-order valence-electron chi connectivity index (χ2n) is 4.39. The minimum Gasteiger partial charge on any atom is -0.154 e. The highest BCUT2D eigenvalue weighted by molar-refractivity contribution is 6.29. The van der Waals surface area contributed by atoms with Crippen molar-refractivity contribution in [1.82, 2.24) is 10.2 Å². The van der Waals surface area contributed by atoms with E-state index in [-0.39, 0.29) is 0 Å². The second-order valence-corrected chi connectivity index (χ2v) is 4.77. The fourth-order valence-electron chi connectivity index (χ4n) is 2.09. The number of rotatable bonds is 1. The molecule has 1 aromatic rings. The minimum atomic E-state index is 0.521. The standard InChI is InChI=1S/C11H15ClN2/c1-7(2)8-3-4-10-9(5-8)6-11(12)14-13-10/h6-8H,3-5H2,1-2H3. The van der Waals surface area contributed by atoms with Crippen molar-refractivity contribution in [3.63, 3.8) is 0 Å². The lowest BCUT2D eigenvalue weighted by Crippen LogP contribution is -2.20. The van der Waals surface area contributed by atoms with Gasteiger partial charge in [-0.3, -0.25) is 0 Å². The summed E-state index contributed by atoms with van der Waals surface area (Å²) in [6.07, 6.45) is 3.41. The Bertz CT molecular complexity index is 336. The van der Waals surface area contributed by atoms with Crippen LogP contribution in [0.4, 0.5) is 0 Å². The summed E-state index contributed by atoms with van der Waals surface area (Å²) in [5.74, 6) is 1.53. The SMILES string of the molecule is CC(C)C1CCc2nnc(Cl)cc2C1. The van der Waals surface area contributed by atoms with Gasteiger partial charge in [-0.15, -0.1) is 5.10 Å². The molecule has 0 spiro atoms. The van der Waals surface area contributed by atoms with Crippen molar-refractivity contribution in [2.24, 2.45) is 11.8 Å². The Morgan fingerprint density at radius 1 is 1.43 bits per heavy atom. The summed E-state index contributed by atoms with van der Waals surface area (Å²) in [5, 5.41) is 8.53. The molecule has 3 heteroatoms. The Hall–Kier alpha value is -0.630. The first-order valence-electron chi connectivity index (χ1n) is 5.18. The van der Waals surface area contributed by atoms with Gasteiger partial charge in [-0.25, -0.2) is 0 Å². The first-order valence-corrected chi connectivity index (χ1v) is 5.55. The van der Waals surface area contributed by atoms with E-state index >= 15 is 0 Å². The molecule has 0 aromatic carbocycles. The Morgan fingerprint density at radius 3 is 2.93 bits per heavy atom. The van der Waals surface area contributed by atoms with Crippen LogP contribution in [-0.4, -0.2) is 10.2 Å². The van der Waals surface area contributed by atoms with Crippen molar-refractivity contribution in [2.45, 2.75) is 33.1 Å². The number of aryl methyl sites for hydroxylation is 1. The molecule has 1 aliphatic carbocycles. The van der Waals surface area contributed by atoms with E-state index in [2.05, 4.69) is 24.0 Å². The van der Waals surface area contributed by atoms with Crippen LogP contribution in [-0.2, 0) is 12.8 Å². The zero-order valence-electron chi connectivity index (χ0n) is 8.63. The van der Waals surface area contributed by atoms with Crippen LogP contribution in [0, 0.1) is 11.8 Å². The smallest absolute Gasteiger partial charge is 0.152 e. The highest BCUT2D eigenvalue weighted by atomic mass is 35.5. The molecule has 0 bridgehead atoms. The monoisotopic (exact) mass is 210 g/mol. The number of fused-ring (bicyclic) bond motifs is 1. The number of nitrogens with zero attached hydrogens (tertiary/aromatic N) is 2. The predicted octanol–water partition coefficient (Wildman–Crippen LogP) is 2.89. The molecule has 0 saturated carbocycles. The van der Waals surface area contributed by atoms with E-state index in [4.69, 9.17) is 11.6 Å². The van der Waals surface area contributed by atoms with Crippen LogP contribution < -0.4 is 0 Å². The summed E-state index contributed by atoms with van der Waals surface area (Å²) >= 11 is 5.83. The van der Waals surface area contributed by atoms with Gasteiger partial charge >= 0.3 is 0 Å². The third kappa shape index (κ3) is 1.90. The fraction of sp³-hybridized carbons (Fsp3) is 0.636. The van der Waals surface area contributed by atoms with Crippen LogP contribution in [0.15, 0.2) is 6.07 Å². The zero-order valence-corrected chi connectivity index (χ0v) is 9.38. The molecule has 76 valence electrons. The maximum atomic E-state index is 5.83. The lowest BCUT2D eigenvalue weighted by Gasteiger charge is -2.26. The van der Waals surface area contributed by atoms with E-state index in [0.717, 1.165) is 30.4 Å². The van der Waals surface area contributed by atoms with Crippen molar-refractivity contribution >= 4 is 11.6 Å². The van der Waals surface area contributed by atoms with E-state index in [1.165, 1.54) is 12.0 Å². The molecule has 1 heterocycles. The van der Waals surface area contributed by atoms with E-state index in [1.54, 1.807) is 0 Å². The Kier molecular flexibility index (Phi) is 2.73. The van der Waals surface area contributed by atoms with Gasteiger partial charge in [0.25, 0.3) is 0 Å². The topological polar surface area (TPSA) is 25.8 Å².